The molecule has 116 valence electrons. The summed E-state index contributed by atoms with van der Waals surface area (Å²) in [6, 6.07) is 3.93. The van der Waals surface area contributed by atoms with Crippen LogP contribution in [0.3, 0.4) is 0 Å². The predicted molar refractivity (Wildman–Crippen MR) is 82.5 cm³/mol. The fourth-order valence-corrected chi connectivity index (χ4v) is 3.62. The van der Waals surface area contributed by atoms with Crippen LogP contribution in [0.4, 0.5) is 4.79 Å². The van der Waals surface area contributed by atoms with Gasteiger partial charge in [0.2, 0.25) is 0 Å². The van der Waals surface area contributed by atoms with Crippen LogP contribution in [0.1, 0.15) is 25.1 Å². The number of carboxylic acid groups (broad SMARTS) is 1. The average molecular weight is 310 g/mol. The molecule has 0 aromatic carbocycles. The summed E-state index contributed by atoms with van der Waals surface area (Å²) in [7, 11) is 0. The molecular formula is C15H22N2O3S. The molecule has 1 aromatic heterocycles. The molecule has 3 atom stereocenters. The third-order valence-corrected chi connectivity index (χ3v) is 4.65. The topological polar surface area (TPSA) is 69.6 Å². The van der Waals surface area contributed by atoms with Crippen molar-refractivity contribution in [2.24, 2.45) is 11.8 Å². The number of hydrogen-bond donors (Lipinski definition) is 2. The Labute approximate surface area is 129 Å². The van der Waals surface area contributed by atoms with Crippen molar-refractivity contribution < 1.29 is 14.7 Å². The highest BCUT2D eigenvalue weighted by Gasteiger charge is 2.32. The Morgan fingerprint density at radius 3 is 2.90 bits per heavy atom. The van der Waals surface area contributed by atoms with Crippen molar-refractivity contribution in [1.82, 2.24) is 10.2 Å². The summed E-state index contributed by atoms with van der Waals surface area (Å²) in [6.45, 7) is 4.89. The van der Waals surface area contributed by atoms with Crippen LogP contribution in [0.2, 0.25) is 0 Å². The monoisotopic (exact) mass is 310 g/mol. The zero-order valence-corrected chi connectivity index (χ0v) is 13.2. The van der Waals surface area contributed by atoms with Crippen LogP contribution in [0.25, 0.3) is 0 Å². The fraction of sp³-hybridized carbons (Fsp3) is 0.600. The number of rotatable bonds is 4. The lowest BCUT2D eigenvalue weighted by molar-refractivity contribution is -0.143. The standard InChI is InChI=1S/C15H22N2O3S/c1-10-6-12(14(18)19)9-17(8-10)15(20)16-11(2)7-13-4-3-5-21-13/h3-5,10-12H,6-9H2,1-2H3,(H,16,20)(H,18,19). The second-order valence-corrected chi connectivity index (χ2v) is 6.95. The van der Waals surface area contributed by atoms with E-state index in [1.807, 2.05) is 25.3 Å². The Kier molecular flexibility index (Phi) is 5.22. The number of likely N-dealkylation sites (tertiary alicyclic amines) is 1. The first-order valence-corrected chi connectivity index (χ1v) is 8.14. The Bertz CT molecular complexity index is 489. The molecule has 1 saturated heterocycles. The van der Waals surface area contributed by atoms with Gasteiger partial charge in [-0.05, 0) is 30.7 Å². The molecule has 0 radical (unpaired) electrons. The number of aliphatic carboxylic acids is 1. The summed E-state index contributed by atoms with van der Waals surface area (Å²) in [5, 5.41) is 14.1. The average Bonchev–Trinajstić information content (AvgIpc) is 2.90. The summed E-state index contributed by atoms with van der Waals surface area (Å²) in [4.78, 5) is 26.3. The van der Waals surface area contributed by atoms with Gasteiger partial charge in [0.1, 0.15) is 0 Å². The second kappa shape index (κ2) is 6.93. The summed E-state index contributed by atoms with van der Waals surface area (Å²) < 4.78 is 0. The third kappa shape index (κ3) is 4.46. The summed E-state index contributed by atoms with van der Waals surface area (Å²) >= 11 is 1.68. The highest BCUT2D eigenvalue weighted by atomic mass is 32.1. The lowest BCUT2D eigenvalue weighted by Crippen LogP contribution is -2.51. The summed E-state index contributed by atoms with van der Waals surface area (Å²) in [5.74, 6) is -1.05. The van der Waals surface area contributed by atoms with Gasteiger partial charge in [-0.2, -0.15) is 0 Å². The van der Waals surface area contributed by atoms with Crippen LogP contribution in [0.15, 0.2) is 17.5 Å². The van der Waals surface area contributed by atoms with Gasteiger partial charge in [-0.25, -0.2) is 4.79 Å². The summed E-state index contributed by atoms with van der Waals surface area (Å²) in [6.07, 6.45) is 1.44. The minimum absolute atomic E-state index is 0.0386. The number of nitrogens with zero attached hydrogens (tertiary/aromatic N) is 1. The van der Waals surface area contributed by atoms with Crippen LogP contribution in [0.5, 0.6) is 0 Å². The first-order valence-electron chi connectivity index (χ1n) is 7.26. The van der Waals surface area contributed by atoms with Crippen LogP contribution >= 0.6 is 11.3 Å². The van der Waals surface area contributed by atoms with Gasteiger partial charge in [0, 0.05) is 30.4 Å². The maximum absolute atomic E-state index is 12.3. The number of carbonyl (C=O) groups excluding carboxylic acids is 1. The van der Waals surface area contributed by atoms with Crippen LogP contribution in [0, 0.1) is 11.8 Å². The number of carboxylic acids is 1. The summed E-state index contributed by atoms with van der Waals surface area (Å²) in [5.41, 5.74) is 0. The SMILES string of the molecule is CC1CC(C(=O)O)CN(C(=O)NC(C)Cc2cccs2)C1. The molecule has 2 amide bonds. The molecule has 0 bridgehead atoms. The van der Waals surface area contributed by atoms with Crippen LogP contribution < -0.4 is 5.32 Å². The highest BCUT2D eigenvalue weighted by molar-refractivity contribution is 7.09. The molecule has 1 aliphatic heterocycles. The first kappa shape index (κ1) is 15.8. The van der Waals surface area contributed by atoms with Gasteiger partial charge in [-0.3, -0.25) is 4.79 Å². The molecule has 1 aliphatic rings. The Balaban J connectivity index is 1.88. The molecular weight excluding hydrogens is 288 g/mol. The van der Waals surface area contributed by atoms with Crippen molar-refractivity contribution in [2.45, 2.75) is 32.7 Å². The van der Waals surface area contributed by atoms with Crippen LogP contribution in [-0.2, 0) is 11.2 Å². The lowest BCUT2D eigenvalue weighted by atomic mass is 9.91. The lowest BCUT2D eigenvalue weighted by Gasteiger charge is -2.35. The number of carbonyl (C=O) groups is 2. The predicted octanol–water partition coefficient (Wildman–Crippen LogP) is 2.43. The zero-order valence-electron chi connectivity index (χ0n) is 12.4. The van der Waals surface area contributed by atoms with E-state index >= 15 is 0 Å². The fourth-order valence-electron chi connectivity index (χ4n) is 2.78. The number of piperidine rings is 1. The highest BCUT2D eigenvalue weighted by Crippen LogP contribution is 2.22. The van der Waals surface area contributed by atoms with Gasteiger partial charge >= 0.3 is 12.0 Å². The number of nitrogens with one attached hydrogen (secondary N) is 1. The van der Waals surface area contributed by atoms with Crippen molar-refractivity contribution >= 4 is 23.3 Å². The quantitative estimate of drug-likeness (QED) is 0.897. The van der Waals surface area contributed by atoms with E-state index in [0.29, 0.717) is 19.5 Å². The molecule has 0 aliphatic carbocycles. The molecule has 1 fully saturated rings. The van der Waals surface area contributed by atoms with E-state index in [0.717, 1.165) is 6.42 Å². The largest absolute Gasteiger partial charge is 0.481 e. The van der Waals surface area contributed by atoms with Crippen molar-refractivity contribution in [2.75, 3.05) is 13.1 Å². The molecule has 1 aromatic rings. The molecule has 2 rings (SSSR count). The first-order chi connectivity index (χ1) is 9.95. The minimum Gasteiger partial charge on any atom is -0.481 e. The zero-order chi connectivity index (χ0) is 15.4. The van der Waals surface area contributed by atoms with Crippen molar-refractivity contribution in [3.8, 4) is 0 Å². The van der Waals surface area contributed by atoms with Crippen molar-refractivity contribution in [3.63, 3.8) is 0 Å². The molecule has 6 heteroatoms. The third-order valence-electron chi connectivity index (χ3n) is 3.75. The van der Waals surface area contributed by atoms with E-state index in [1.165, 1.54) is 4.88 Å². The Morgan fingerprint density at radius 1 is 1.52 bits per heavy atom. The number of thiophene rings is 1. The molecule has 0 saturated carbocycles. The van der Waals surface area contributed by atoms with E-state index in [9.17, 15) is 9.59 Å². The van der Waals surface area contributed by atoms with E-state index in [4.69, 9.17) is 5.11 Å². The van der Waals surface area contributed by atoms with Gasteiger partial charge < -0.3 is 15.3 Å². The molecule has 5 nitrogen and oxygen atoms in total. The van der Waals surface area contributed by atoms with Gasteiger partial charge in [-0.1, -0.05) is 13.0 Å². The van der Waals surface area contributed by atoms with Gasteiger partial charge in [0.15, 0.2) is 0 Å². The van der Waals surface area contributed by atoms with E-state index in [-0.39, 0.29) is 18.0 Å². The maximum atomic E-state index is 12.3. The van der Waals surface area contributed by atoms with E-state index in [2.05, 4.69) is 11.4 Å². The van der Waals surface area contributed by atoms with Gasteiger partial charge in [0.05, 0.1) is 5.92 Å². The van der Waals surface area contributed by atoms with Crippen molar-refractivity contribution in [3.05, 3.63) is 22.4 Å². The molecule has 2 N–H and O–H groups in total. The molecule has 2 heterocycles. The van der Waals surface area contributed by atoms with Crippen molar-refractivity contribution in [1.29, 1.82) is 0 Å². The van der Waals surface area contributed by atoms with E-state index in [1.54, 1.807) is 16.2 Å². The van der Waals surface area contributed by atoms with Crippen LogP contribution in [-0.4, -0.2) is 41.1 Å². The molecule has 0 spiro atoms. The smallest absolute Gasteiger partial charge is 0.317 e. The minimum atomic E-state index is -0.814. The maximum Gasteiger partial charge on any atom is 0.317 e. The number of hydrogen-bond acceptors (Lipinski definition) is 3. The number of urea groups is 1. The van der Waals surface area contributed by atoms with Gasteiger partial charge in [0.25, 0.3) is 0 Å². The normalized spacial score (nSPS) is 23.6. The molecule has 21 heavy (non-hydrogen) atoms. The van der Waals surface area contributed by atoms with Gasteiger partial charge in [-0.15, -0.1) is 11.3 Å². The Hall–Kier alpha value is -1.56. The number of amides is 2. The molecule has 3 unspecified atom stereocenters. The second-order valence-electron chi connectivity index (χ2n) is 5.92. The van der Waals surface area contributed by atoms with E-state index < -0.39 is 11.9 Å². The Morgan fingerprint density at radius 2 is 2.29 bits per heavy atom.